The molecule has 1 saturated heterocycles. The molecule has 0 spiro atoms. The van der Waals surface area contributed by atoms with Gasteiger partial charge in [-0.15, -0.1) is 0 Å². The van der Waals surface area contributed by atoms with Crippen molar-refractivity contribution in [1.29, 1.82) is 0 Å². The summed E-state index contributed by atoms with van der Waals surface area (Å²) in [6.45, 7) is 1.30. The Morgan fingerprint density at radius 3 is 2.58 bits per heavy atom. The number of benzene rings is 1. The van der Waals surface area contributed by atoms with Gasteiger partial charge in [0.2, 0.25) is 0 Å². The fourth-order valence-electron chi connectivity index (χ4n) is 1.97. The van der Waals surface area contributed by atoms with Gasteiger partial charge in [-0.2, -0.15) is 12.6 Å². The summed E-state index contributed by atoms with van der Waals surface area (Å²) in [4.78, 5) is 11.3. The molecule has 1 aliphatic rings. The lowest BCUT2D eigenvalue weighted by atomic mass is 10.1. The van der Waals surface area contributed by atoms with E-state index in [4.69, 9.17) is 9.47 Å². The quantitative estimate of drug-likeness (QED) is 0.663. The average molecular weight is 282 g/mol. The van der Waals surface area contributed by atoms with E-state index in [0.29, 0.717) is 18.8 Å². The van der Waals surface area contributed by atoms with E-state index in [-0.39, 0.29) is 17.5 Å². The van der Waals surface area contributed by atoms with Gasteiger partial charge in [0.05, 0.1) is 31.1 Å². The van der Waals surface area contributed by atoms with Crippen LogP contribution in [0.25, 0.3) is 0 Å². The Hall–Kier alpha value is -1.04. The number of hydrogen-bond acceptors (Lipinski definition) is 5. The highest BCUT2D eigenvalue weighted by Gasteiger charge is 2.23. The molecule has 1 unspecified atom stereocenters. The smallest absolute Gasteiger partial charge is 0.337 e. The molecule has 1 aliphatic heterocycles. The number of rotatable bonds is 5. The molecular weight excluding hydrogens is 264 g/mol. The summed E-state index contributed by atoms with van der Waals surface area (Å²) in [6.07, 6.45) is 1.54. The highest BCUT2D eigenvalue weighted by Crippen LogP contribution is 2.19. The lowest BCUT2D eigenvalue weighted by molar-refractivity contribution is -0.0423. The van der Waals surface area contributed by atoms with Crippen molar-refractivity contribution < 1.29 is 19.0 Å². The van der Waals surface area contributed by atoms with Crippen LogP contribution in [-0.4, -0.2) is 37.8 Å². The average Bonchev–Trinajstić information content (AvgIpc) is 2.98. The molecule has 0 aliphatic carbocycles. The zero-order chi connectivity index (χ0) is 13.7. The van der Waals surface area contributed by atoms with E-state index in [9.17, 15) is 4.79 Å². The van der Waals surface area contributed by atoms with Gasteiger partial charge >= 0.3 is 5.97 Å². The molecule has 0 aromatic heterocycles. The van der Waals surface area contributed by atoms with Crippen LogP contribution in [0.3, 0.4) is 0 Å². The second kappa shape index (κ2) is 6.93. The predicted octanol–water partition coefficient (Wildman–Crippen LogP) is 2.08. The number of carbonyl (C=O) groups excluding carboxylic acids is 1. The van der Waals surface area contributed by atoms with E-state index in [1.54, 1.807) is 12.1 Å². The molecule has 1 atom stereocenters. The van der Waals surface area contributed by atoms with Gasteiger partial charge in [0.1, 0.15) is 0 Å². The second-order valence-electron chi connectivity index (χ2n) is 4.40. The van der Waals surface area contributed by atoms with E-state index in [0.717, 1.165) is 18.4 Å². The maximum Gasteiger partial charge on any atom is 0.337 e. The van der Waals surface area contributed by atoms with E-state index >= 15 is 0 Å². The van der Waals surface area contributed by atoms with E-state index in [1.807, 2.05) is 12.1 Å². The first-order valence-electron chi connectivity index (χ1n) is 6.29. The Kier molecular flexibility index (Phi) is 5.24. The fourth-order valence-corrected chi connectivity index (χ4v) is 2.28. The largest absolute Gasteiger partial charge is 0.465 e. The molecule has 2 rings (SSSR count). The third-order valence-electron chi connectivity index (χ3n) is 3.07. The highest BCUT2D eigenvalue weighted by molar-refractivity contribution is 7.81. The molecule has 1 aromatic rings. The van der Waals surface area contributed by atoms with Crippen LogP contribution >= 0.6 is 12.6 Å². The van der Waals surface area contributed by atoms with Crippen molar-refractivity contribution in [3.05, 3.63) is 35.4 Å². The highest BCUT2D eigenvalue weighted by atomic mass is 32.1. The van der Waals surface area contributed by atoms with Crippen LogP contribution in [0.15, 0.2) is 24.3 Å². The zero-order valence-electron chi connectivity index (χ0n) is 10.9. The third kappa shape index (κ3) is 3.96. The Morgan fingerprint density at radius 2 is 2.00 bits per heavy atom. The molecule has 1 fully saturated rings. The Labute approximate surface area is 118 Å². The van der Waals surface area contributed by atoms with Gasteiger partial charge in [-0.3, -0.25) is 0 Å². The van der Waals surface area contributed by atoms with Crippen molar-refractivity contribution in [2.24, 2.45) is 0 Å². The van der Waals surface area contributed by atoms with Crippen LogP contribution in [0.5, 0.6) is 0 Å². The zero-order valence-corrected chi connectivity index (χ0v) is 11.8. The van der Waals surface area contributed by atoms with E-state index < -0.39 is 0 Å². The number of hydrogen-bond donors (Lipinski definition) is 1. The van der Waals surface area contributed by atoms with Gasteiger partial charge < -0.3 is 14.2 Å². The molecule has 1 aromatic carbocycles. The van der Waals surface area contributed by atoms with Crippen molar-refractivity contribution in [1.82, 2.24) is 0 Å². The van der Waals surface area contributed by atoms with Gasteiger partial charge in [-0.1, -0.05) is 12.1 Å². The molecule has 0 saturated carbocycles. The van der Waals surface area contributed by atoms with Gasteiger partial charge in [0.15, 0.2) is 6.29 Å². The van der Waals surface area contributed by atoms with Crippen LogP contribution in [-0.2, 0) is 20.6 Å². The second-order valence-corrected chi connectivity index (χ2v) is 5.07. The van der Waals surface area contributed by atoms with Crippen molar-refractivity contribution in [3.8, 4) is 0 Å². The van der Waals surface area contributed by atoms with Crippen molar-refractivity contribution >= 4 is 18.6 Å². The minimum atomic E-state index is -0.314. The number of thiol groups is 1. The topological polar surface area (TPSA) is 44.8 Å². The molecule has 5 heteroatoms. The minimum absolute atomic E-state index is 0.0720. The molecule has 0 N–H and O–H groups in total. The predicted molar refractivity (Wildman–Crippen MR) is 74.6 cm³/mol. The normalized spacial score (nSPS) is 17.4. The van der Waals surface area contributed by atoms with Gasteiger partial charge in [-0.05, 0) is 30.5 Å². The van der Waals surface area contributed by atoms with Crippen LogP contribution in [0.2, 0.25) is 0 Å². The Bertz CT molecular complexity index is 412. The van der Waals surface area contributed by atoms with Crippen LogP contribution in [0.1, 0.15) is 22.3 Å². The fraction of sp³-hybridized carbons (Fsp3) is 0.500. The summed E-state index contributed by atoms with van der Waals surface area (Å²) < 4.78 is 15.5. The summed E-state index contributed by atoms with van der Waals surface area (Å²) in [7, 11) is 1.38. The van der Waals surface area contributed by atoms with Crippen molar-refractivity contribution in [3.63, 3.8) is 0 Å². The van der Waals surface area contributed by atoms with Crippen molar-refractivity contribution in [2.75, 3.05) is 20.3 Å². The minimum Gasteiger partial charge on any atom is -0.465 e. The lowest BCUT2D eigenvalue weighted by Crippen LogP contribution is -2.22. The first kappa shape index (κ1) is 14.4. The summed E-state index contributed by atoms with van der Waals surface area (Å²) in [5.74, 6) is -0.314. The lowest BCUT2D eigenvalue weighted by Gasteiger charge is -2.16. The number of carbonyl (C=O) groups is 1. The van der Waals surface area contributed by atoms with Crippen molar-refractivity contribution in [2.45, 2.75) is 24.4 Å². The first-order chi connectivity index (χ1) is 9.20. The molecule has 0 amide bonds. The standard InChI is InChI=1S/C14H18O4S/c1-16-13(15)11-5-2-10(3-6-11)4-7-12(19)14-17-8-9-18-14/h2-3,5-6,12,14,19H,4,7-9H2,1H3. The maximum atomic E-state index is 11.3. The molecule has 104 valence electrons. The maximum absolute atomic E-state index is 11.3. The molecule has 19 heavy (non-hydrogen) atoms. The van der Waals surface area contributed by atoms with Crippen LogP contribution in [0, 0.1) is 0 Å². The number of ether oxygens (including phenoxy) is 3. The summed E-state index contributed by atoms with van der Waals surface area (Å²) >= 11 is 4.50. The number of esters is 1. The SMILES string of the molecule is COC(=O)c1ccc(CCC(S)C2OCCO2)cc1. The third-order valence-corrected chi connectivity index (χ3v) is 3.57. The van der Waals surface area contributed by atoms with Gasteiger partial charge in [0, 0.05) is 0 Å². The molecule has 0 bridgehead atoms. The molecular formula is C14H18O4S. The van der Waals surface area contributed by atoms with Crippen LogP contribution < -0.4 is 0 Å². The summed E-state index contributed by atoms with van der Waals surface area (Å²) in [5, 5.41) is 0.0720. The Balaban J connectivity index is 1.84. The molecule has 0 radical (unpaired) electrons. The summed E-state index contributed by atoms with van der Waals surface area (Å²) in [6, 6.07) is 7.42. The van der Waals surface area contributed by atoms with Crippen LogP contribution in [0.4, 0.5) is 0 Å². The first-order valence-corrected chi connectivity index (χ1v) is 6.81. The summed E-state index contributed by atoms with van der Waals surface area (Å²) in [5.41, 5.74) is 1.72. The number of methoxy groups -OCH3 is 1. The van der Waals surface area contributed by atoms with Gasteiger partial charge in [0.25, 0.3) is 0 Å². The molecule has 4 nitrogen and oxygen atoms in total. The van der Waals surface area contributed by atoms with E-state index in [2.05, 4.69) is 17.4 Å². The number of aryl methyl sites for hydroxylation is 1. The molecule has 1 heterocycles. The van der Waals surface area contributed by atoms with Gasteiger partial charge in [-0.25, -0.2) is 4.79 Å². The van der Waals surface area contributed by atoms with E-state index in [1.165, 1.54) is 7.11 Å². The Morgan fingerprint density at radius 1 is 1.37 bits per heavy atom. The monoisotopic (exact) mass is 282 g/mol.